The van der Waals surface area contributed by atoms with E-state index < -0.39 is 17.5 Å². The summed E-state index contributed by atoms with van der Waals surface area (Å²) in [6, 6.07) is 20.1. The van der Waals surface area contributed by atoms with Crippen LogP contribution in [0.2, 0.25) is 5.02 Å². The number of anilines is 2. The molecule has 350 valence electrons. The van der Waals surface area contributed by atoms with Gasteiger partial charge in [-0.3, -0.25) is 34.2 Å². The predicted octanol–water partition coefficient (Wildman–Crippen LogP) is 4.94. The van der Waals surface area contributed by atoms with Gasteiger partial charge in [0, 0.05) is 105 Å². The number of imide groups is 1. The number of hydrogen-bond acceptors (Lipinski definition) is 12. The van der Waals surface area contributed by atoms with E-state index in [4.69, 9.17) is 16.3 Å². The molecule has 16 nitrogen and oxygen atoms in total. The summed E-state index contributed by atoms with van der Waals surface area (Å²) in [7, 11) is 0. The molecule has 4 amide bonds. The van der Waals surface area contributed by atoms with Crippen LogP contribution in [0.3, 0.4) is 0 Å². The molecule has 2 aliphatic carbocycles. The Balaban J connectivity index is 0.655. The largest absolute Gasteiger partial charge is 0.489 e. The number of aromatic nitrogens is 3. The molecule has 10 rings (SSSR count). The Kier molecular flexibility index (Phi) is 11.3. The summed E-state index contributed by atoms with van der Waals surface area (Å²) >= 11 is 6.27. The van der Waals surface area contributed by atoms with Crippen LogP contribution in [0.5, 0.6) is 5.75 Å². The third-order valence-electron chi connectivity index (χ3n) is 16.0. The van der Waals surface area contributed by atoms with Crippen molar-refractivity contribution in [2.24, 2.45) is 22.2 Å². The lowest BCUT2D eigenvalue weighted by atomic mass is 9.49. The zero-order valence-electron chi connectivity index (χ0n) is 38.5. The van der Waals surface area contributed by atoms with Gasteiger partial charge in [0.05, 0.1) is 21.9 Å². The summed E-state index contributed by atoms with van der Waals surface area (Å²) in [5.41, 5.74) is 2.57. The second kappa shape index (κ2) is 16.9. The molecule has 6 fully saturated rings. The fraction of sp³-hybridized carbons (Fsp3) is 0.520. The molecule has 17 heteroatoms. The maximum Gasteiger partial charge on any atom is 0.278 e. The molecule has 1 unspecified atom stereocenters. The van der Waals surface area contributed by atoms with Crippen molar-refractivity contribution in [1.29, 1.82) is 5.26 Å². The molecule has 2 N–H and O–H groups in total. The predicted molar refractivity (Wildman–Crippen MR) is 252 cm³/mol. The van der Waals surface area contributed by atoms with E-state index in [0.717, 1.165) is 68.2 Å². The van der Waals surface area contributed by atoms with Crippen molar-refractivity contribution < 1.29 is 23.9 Å². The van der Waals surface area contributed by atoms with Gasteiger partial charge >= 0.3 is 0 Å². The summed E-state index contributed by atoms with van der Waals surface area (Å²) in [6.07, 6.45) is 4.58. The smallest absolute Gasteiger partial charge is 0.278 e. The molecule has 3 aromatic carbocycles. The Hall–Kier alpha value is -6.05. The lowest BCUT2D eigenvalue weighted by Gasteiger charge is -2.63. The van der Waals surface area contributed by atoms with Crippen LogP contribution in [0.1, 0.15) is 88.2 Å². The number of likely N-dealkylation sites (tertiary alicyclic amines) is 1. The average molecular weight is 930 g/mol. The molecule has 67 heavy (non-hydrogen) atoms. The quantitative estimate of drug-likeness (QED) is 0.216. The van der Waals surface area contributed by atoms with E-state index in [9.17, 15) is 29.2 Å². The number of hydrogen-bond donors (Lipinski definition) is 2. The number of carbonyl (C=O) groups is 4. The number of nitrogens with zero attached hydrogens (tertiary/aromatic N) is 8. The summed E-state index contributed by atoms with van der Waals surface area (Å²) < 4.78 is 7.47. The molecule has 4 aliphatic heterocycles. The van der Waals surface area contributed by atoms with Crippen molar-refractivity contribution in [1.82, 2.24) is 35.4 Å². The first-order valence-corrected chi connectivity index (χ1v) is 23.9. The van der Waals surface area contributed by atoms with Crippen LogP contribution < -0.4 is 30.7 Å². The van der Waals surface area contributed by atoms with E-state index in [-0.39, 0.29) is 59.5 Å². The first kappa shape index (κ1) is 44.8. The standard InChI is InChI=1S/C50H57ClN10O6/c1-48(2)46(49(3,4)47(48)67-36-11-7-31(27-52)38(51)24-36)54-42(63)30-5-8-33(9-6-30)57-19-21-58(22-20-57)35-25-50(26-35)15-17-59(18-16-50)44(65)32-28-60(29-32)34-10-12-39-37(23-34)45(66)61(56-55-39)40-13-14-41(62)53-43(40)64/h5-12,23-24,32,35,40,46-47H,13-22,25-26,28-29H2,1-4H3,(H,54,63)(H,53,62,64). The number of fused-ring (bicyclic) bond motifs is 1. The lowest BCUT2D eigenvalue weighted by Crippen LogP contribution is -2.74. The molecule has 2 saturated carbocycles. The van der Waals surface area contributed by atoms with Crippen LogP contribution in [0.25, 0.3) is 10.9 Å². The molecule has 1 atom stereocenters. The Morgan fingerprint density at radius 3 is 2.21 bits per heavy atom. The number of piperazine rings is 1. The number of ether oxygens (including phenoxy) is 1. The highest BCUT2D eigenvalue weighted by molar-refractivity contribution is 6.31. The van der Waals surface area contributed by atoms with Crippen LogP contribution in [0.15, 0.2) is 65.5 Å². The highest BCUT2D eigenvalue weighted by Crippen LogP contribution is 2.56. The van der Waals surface area contributed by atoms with Crippen molar-refractivity contribution in [2.75, 3.05) is 62.2 Å². The third-order valence-corrected chi connectivity index (χ3v) is 16.3. The fourth-order valence-electron chi connectivity index (χ4n) is 12.2. The Morgan fingerprint density at radius 1 is 0.866 bits per heavy atom. The Labute approximate surface area is 394 Å². The van der Waals surface area contributed by atoms with E-state index in [1.54, 1.807) is 30.3 Å². The fourth-order valence-corrected chi connectivity index (χ4v) is 12.5. The molecular weight excluding hydrogens is 872 g/mol. The van der Waals surface area contributed by atoms with Crippen LogP contribution in [-0.2, 0) is 14.4 Å². The molecule has 1 aromatic heterocycles. The molecule has 0 radical (unpaired) electrons. The number of piperidine rings is 2. The second-order valence-corrected chi connectivity index (χ2v) is 21.3. The second-order valence-electron chi connectivity index (χ2n) is 20.9. The normalized spacial score (nSPS) is 24.8. The zero-order chi connectivity index (χ0) is 47.0. The van der Waals surface area contributed by atoms with Gasteiger partial charge in [-0.2, -0.15) is 9.94 Å². The number of halogens is 1. The average Bonchev–Trinajstić information content (AvgIpc) is 3.29. The van der Waals surface area contributed by atoms with Crippen molar-refractivity contribution in [3.05, 3.63) is 87.2 Å². The third kappa shape index (κ3) is 8.07. The van der Waals surface area contributed by atoms with Crippen LogP contribution in [0, 0.1) is 33.5 Å². The first-order valence-electron chi connectivity index (χ1n) is 23.6. The minimum atomic E-state index is -0.885. The van der Waals surface area contributed by atoms with Gasteiger partial charge in [-0.05, 0) is 92.1 Å². The minimum Gasteiger partial charge on any atom is -0.489 e. The number of rotatable bonds is 9. The van der Waals surface area contributed by atoms with E-state index in [1.165, 1.54) is 12.8 Å². The zero-order valence-corrected chi connectivity index (χ0v) is 39.2. The number of amides is 4. The van der Waals surface area contributed by atoms with Crippen molar-refractivity contribution in [3.63, 3.8) is 0 Å². The topological polar surface area (TPSA) is 186 Å². The van der Waals surface area contributed by atoms with Gasteiger partial charge in [-0.25, -0.2) is 0 Å². The summed E-state index contributed by atoms with van der Waals surface area (Å²) in [5, 5.41) is 23.7. The molecule has 4 aromatic rings. The van der Waals surface area contributed by atoms with E-state index in [1.807, 2.05) is 18.2 Å². The van der Waals surface area contributed by atoms with E-state index in [2.05, 4.69) is 86.4 Å². The maximum absolute atomic E-state index is 13.6. The number of benzene rings is 3. The molecule has 1 spiro atoms. The highest BCUT2D eigenvalue weighted by Gasteiger charge is 2.64. The van der Waals surface area contributed by atoms with Gasteiger partial charge in [0.1, 0.15) is 29.5 Å². The monoisotopic (exact) mass is 928 g/mol. The molecular formula is C50H57ClN10O6. The number of nitriles is 1. The van der Waals surface area contributed by atoms with Gasteiger partial charge in [0.15, 0.2) is 0 Å². The van der Waals surface area contributed by atoms with E-state index >= 15 is 0 Å². The van der Waals surface area contributed by atoms with E-state index in [0.29, 0.717) is 57.3 Å². The highest BCUT2D eigenvalue weighted by atomic mass is 35.5. The molecule has 6 aliphatic rings. The first-order chi connectivity index (χ1) is 32.0. The van der Waals surface area contributed by atoms with Gasteiger partial charge in [0.2, 0.25) is 11.8 Å². The van der Waals surface area contributed by atoms with Crippen molar-refractivity contribution in [3.8, 4) is 11.8 Å². The van der Waals surface area contributed by atoms with Gasteiger partial charge in [-0.1, -0.05) is 44.5 Å². The number of nitrogens with one attached hydrogen (secondary N) is 2. The van der Waals surface area contributed by atoms with Crippen LogP contribution in [0.4, 0.5) is 11.4 Å². The van der Waals surface area contributed by atoms with Gasteiger partial charge in [-0.15, -0.1) is 5.10 Å². The summed E-state index contributed by atoms with van der Waals surface area (Å²) in [5.74, 6) is -0.310. The van der Waals surface area contributed by atoms with Gasteiger partial charge < -0.3 is 24.8 Å². The SMILES string of the molecule is CC1(C)C(NC(=O)c2ccc(N3CCN(C4CC5(CCN(C(=O)C6CN(c7ccc8nnn(C9CCC(=O)NC9=O)c(=O)c8c7)C6)CC5)C4)CC3)cc2)C(C)(C)C1Oc1ccc(C#N)c(Cl)c1. The van der Waals surface area contributed by atoms with Gasteiger partial charge in [0.25, 0.3) is 17.4 Å². The van der Waals surface area contributed by atoms with Crippen molar-refractivity contribution >= 4 is 57.5 Å². The van der Waals surface area contributed by atoms with Crippen molar-refractivity contribution in [2.45, 2.75) is 90.4 Å². The van der Waals surface area contributed by atoms with Crippen LogP contribution >= 0.6 is 11.6 Å². The number of carbonyl (C=O) groups excluding carboxylic acids is 4. The Bertz CT molecular complexity index is 2720. The lowest BCUT2D eigenvalue weighted by molar-refractivity contribution is -0.164. The molecule has 5 heterocycles. The minimum absolute atomic E-state index is 0.0936. The van der Waals surface area contributed by atoms with Crippen LogP contribution in [-0.4, -0.2) is 119 Å². The molecule has 4 saturated heterocycles. The summed E-state index contributed by atoms with van der Waals surface area (Å²) in [4.78, 5) is 73.9. The molecule has 0 bridgehead atoms. The summed E-state index contributed by atoms with van der Waals surface area (Å²) in [6.45, 7) is 15.0. The maximum atomic E-state index is 13.6. The Morgan fingerprint density at radius 2 is 1.55 bits per heavy atom.